The first kappa shape index (κ1) is 75.0. The molecule has 510 valence electrons. The number of halogens is 4. The van der Waals surface area contributed by atoms with Crippen molar-refractivity contribution in [1.29, 1.82) is 0 Å². The van der Waals surface area contributed by atoms with E-state index in [2.05, 4.69) is 16.0 Å². The molecule has 3 aliphatic carbocycles. The standard InChI is InChI=1S/C64H105ClF3N11O11/c1-14-31-78-42(7)56(84)70-54(40(5)15-2)60(88)74(10)37-52(82)72(8)38-53(83)76(12)49(35-43-22-17-16-18-23-43)59(87)73(9)36-50(80)69-47(28-26-44-25-27-45(46(65)34-44)64(66,67)68)58(86)79-32-21-24-48(79)57(85)71-63(29-19-20-30-63)62(90)77(13)55(39(3)4)61(89)75(11)41(6)33-51(78)81/h39-49,54-55H,14-38H2,1-13H3,(H,69,80)(H,70,84)(H,71,85)/t40-,41+,42-,44?,45?,46?,47-,48-,49-,54-,55-/m0/s1. The van der Waals surface area contributed by atoms with Gasteiger partial charge < -0.3 is 55.1 Å². The first-order valence-electron chi connectivity index (χ1n) is 33.0. The first-order valence-corrected chi connectivity index (χ1v) is 33.4. The largest absolute Gasteiger partial charge is 0.393 e. The highest BCUT2D eigenvalue weighted by Gasteiger charge is 2.51. The van der Waals surface area contributed by atoms with Crippen LogP contribution in [0.15, 0.2) is 0 Å². The van der Waals surface area contributed by atoms with Crippen LogP contribution in [0.4, 0.5) is 13.2 Å². The van der Waals surface area contributed by atoms with E-state index in [0.29, 0.717) is 32.1 Å². The van der Waals surface area contributed by atoms with Crippen LogP contribution in [0.3, 0.4) is 0 Å². The Kier molecular flexibility index (Phi) is 27.7. The van der Waals surface area contributed by atoms with Gasteiger partial charge in [-0.2, -0.15) is 13.2 Å². The van der Waals surface area contributed by atoms with Gasteiger partial charge in [-0.25, -0.2) is 0 Å². The Morgan fingerprint density at radius 3 is 1.84 bits per heavy atom. The molecule has 5 rings (SSSR count). The molecule has 0 aromatic heterocycles. The van der Waals surface area contributed by atoms with Crippen molar-refractivity contribution < 1.29 is 65.9 Å². The lowest BCUT2D eigenvalue weighted by Crippen LogP contribution is -2.64. The van der Waals surface area contributed by atoms with Gasteiger partial charge in [0.15, 0.2) is 0 Å². The highest BCUT2D eigenvalue weighted by Crippen LogP contribution is 2.44. The summed E-state index contributed by atoms with van der Waals surface area (Å²) < 4.78 is 41.7. The van der Waals surface area contributed by atoms with Crippen LogP contribution < -0.4 is 16.0 Å². The van der Waals surface area contributed by atoms with Crippen LogP contribution in [0, 0.1) is 29.6 Å². The van der Waals surface area contributed by atoms with Gasteiger partial charge in [0, 0.05) is 73.2 Å². The third kappa shape index (κ3) is 19.0. The number of nitrogens with one attached hydrogen (secondary N) is 3. The Balaban J connectivity index is 1.53. The normalized spacial score (nSPS) is 29.9. The molecule has 22 nitrogen and oxygen atoms in total. The Hall–Kier alpha value is -5.75. The molecule has 0 radical (unpaired) electrons. The molecule has 5 fully saturated rings. The summed E-state index contributed by atoms with van der Waals surface area (Å²) in [6.07, 6.45) is 3.21. The van der Waals surface area contributed by atoms with Gasteiger partial charge in [-0.1, -0.05) is 86.0 Å². The van der Waals surface area contributed by atoms with Gasteiger partial charge in [-0.05, 0) is 108 Å². The van der Waals surface area contributed by atoms with Crippen molar-refractivity contribution in [3.63, 3.8) is 0 Å². The number of carbonyl (C=O) groups excluding carboxylic acids is 11. The minimum atomic E-state index is -4.49. The minimum Gasteiger partial charge on any atom is -0.343 e. The number of carbonyl (C=O) groups is 11. The van der Waals surface area contributed by atoms with Crippen LogP contribution in [0.25, 0.3) is 0 Å². The number of hydrogen-bond acceptors (Lipinski definition) is 11. The second kappa shape index (κ2) is 33.2. The molecule has 3 unspecified atom stereocenters. The average molecular weight is 1300 g/mol. The summed E-state index contributed by atoms with van der Waals surface area (Å²) in [6.45, 7) is 11.0. The summed E-state index contributed by atoms with van der Waals surface area (Å²) in [5, 5.41) is 7.51. The molecule has 0 aromatic rings. The summed E-state index contributed by atoms with van der Waals surface area (Å²) in [5.41, 5.74) is -1.47. The maximum absolute atomic E-state index is 15.1. The van der Waals surface area contributed by atoms with E-state index in [1.807, 2.05) is 13.8 Å². The van der Waals surface area contributed by atoms with Crippen molar-refractivity contribution in [1.82, 2.24) is 55.1 Å². The molecule has 5 aliphatic rings. The topological polar surface area (TPSA) is 250 Å². The number of nitrogens with zero attached hydrogens (tertiary/aromatic N) is 8. The monoisotopic (exact) mass is 1300 g/mol. The third-order valence-electron chi connectivity index (χ3n) is 20.1. The maximum atomic E-state index is 15.1. The molecule has 2 heterocycles. The zero-order valence-corrected chi connectivity index (χ0v) is 56.5. The molecule has 3 saturated carbocycles. The Bertz CT molecular complexity index is 2550. The van der Waals surface area contributed by atoms with Gasteiger partial charge >= 0.3 is 6.18 Å². The molecule has 2 aliphatic heterocycles. The van der Waals surface area contributed by atoms with Crippen LogP contribution in [-0.4, -0.2) is 239 Å². The van der Waals surface area contributed by atoms with Crippen molar-refractivity contribution >= 4 is 76.6 Å². The van der Waals surface area contributed by atoms with E-state index in [1.165, 1.54) is 66.8 Å². The lowest BCUT2D eigenvalue weighted by molar-refractivity contribution is -0.182. The lowest BCUT2D eigenvalue weighted by Gasteiger charge is -2.41. The van der Waals surface area contributed by atoms with E-state index in [1.54, 1.807) is 34.6 Å². The molecule has 11 atom stereocenters. The second-order valence-corrected chi connectivity index (χ2v) is 27.7. The fourth-order valence-corrected chi connectivity index (χ4v) is 14.5. The van der Waals surface area contributed by atoms with E-state index < -0.39 is 162 Å². The van der Waals surface area contributed by atoms with Crippen LogP contribution in [-0.2, 0) is 52.7 Å². The van der Waals surface area contributed by atoms with Crippen LogP contribution in [0.2, 0.25) is 0 Å². The number of rotatable bonds is 10. The first-order chi connectivity index (χ1) is 42.2. The van der Waals surface area contributed by atoms with E-state index in [4.69, 9.17) is 11.6 Å². The highest BCUT2D eigenvalue weighted by atomic mass is 35.5. The van der Waals surface area contributed by atoms with Crippen LogP contribution in [0.1, 0.15) is 177 Å². The fraction of sp³-hybridized carbons (Fsp3) is 0.828. The number of fused-ring (bicyclic) bond motifs is 1. The number of hydrogen-bond donors (Lipinski definition) is 3. The molecule has 0 bridgehead atoms. The molecule has 2 saturated heterocycles. The van der Waals surface area contributed by atoms with Gasteiger partial charge in [0.1, 0.15) is 41.8 Å². The summed E-state index contributed by atoms with van der Waals surface area (Å²) in [6, 6.07) is -7.51. The molecule has 11 amide bonds. The third-order valence-corrected chi connectivity index (χ3v) is 20.6. The molecule has 26 heteroatoms. The van der Waals surface area contributed by atoms with E-state index in [0.717, 1.165) is 46.8 Å². The van der Waals surface area contributed by atoms with Gasteiger partial charge in [0.2, 0.25) is 65.0 Å². The SMILES string of the molecule is CCCN1C(=O)C[C@@H](C)N(C)C(=O)[C@H](C(C)C)N(C)C(=O)C2(CCCC2)NC(=O)[C@@H]2CCCN2C(=O)[C@H](CCC2CCC(C(F)(F)F)C(Cl)C2)NC(=O)CN(C)C(=O)[C@H](CC2CCCCC2)N(C)C(=O)CN(C)C(=O)CN(C)C(=O)[C@H]([C@@H](C)CC)NC(=O)[C@@H]1C. The molecule has 1 spiro atoms. The minimum absolute atomic E-state index is 0.0154. The Labute approximate surface area is 536 Å². The fourth-order valence-electron chi connectivity index (χ4n) is 14.0. The second-order valence-electron chi connectivity index (χ2n) is 27.1. The Morgan fingerprint density at radius 1 is 0.633 bits per heavy atom. The highest BCUT2D eigenvalue weighted by molar-refractivity contribution is 6.20. The zero-order chi connectivity index (χ0) is 67.3. The van der Waals surface area contributed by atoms with Gasteiger partial charge in [0.25, 0.3) is 0 Å². The molecule has 0 aromatic carbocycles. The average Bonchev–Trinajstić information content (AvgIpc) is 2.37. The number of alkyl halides is 4. The number of amides is 11. The molecular weight excluding hydrogens is 1190 g/mol. The van der Waals surface area contributed by atoms with Crippen molar-refractivity contribution in [3.05, 3.63) is 0 Å². The van der Waals surface area contributed by atoms with Gasteiger partial charge in [0.05, 0.1) is 25.6 Å². The van der Waals surface area contributed by atoms with Crippen molar-refractivity contribution in [2.24, 2.45) is 29.6 Å². The summed E-state index contributed by atoms with van der Waals surface area (Å²) in [5.74, 6) is -9.32. The van der Waals surface area contributed by atoms with Crippen molar-refractivity contribution in [2.75, 3.05) is 75.0 Å². The quantitative estimate of drug-likeness (QED) is 0.236. The van der Waals surface area contributed by atoms with Crippen LogP contribution in [0.5, 0.6) is 0 Å². The van der Waals surface area contributed by atoms with E-state index in [9.17, 15) is 56.3 Å². The maximum Gasteiger partial charge on any atom is 0.393 e. The number of likely N-dealkylation sites (N-methyl/N-ethyl adjacent to an activating group) is 6. The van der Waals surface area contributed by atoms with Gasteiger partial charge in [-0.3, -0.25) is 52.7 Å². The molecular formula is C64H105ClF3N11O11. The Morgan fingerprint density at radius 2 is 1.26 bits per heavy atom. The van der Waals surface area contributed by atoms with E-state index >= 15 is 9.59 Å². The predicted octanol–water partition coefficient (Wildman–Crippen LogP) is 5.32. The molecule has 3 N–H and O–H groups in total. The summed E-state index contributed by atoms with van der Waals surface area (Å²) in [7, 11) is 8.69. The van der Waals surface area contributed by atoms with Crippen LogP contribution >= 0.6 is 11.6 Å². The predicted molar refractivity (Wildman–Crippen MR) is 334 cm³/mol. The lowest BCUT2D eigenvalue weighted by atomic mass is 9.78. The van der Waals surface area contributed by atoms with Crippen molar-refractivity contribution in [3.8, 4) is 0 Å². The summed E-state index contributed by atoms with van der Waals surface area (Å²) >= 11 is 6.36. The molecule has 90 heavy (non-hydrogen) atoms. The zero-order valence-electron chi connectivity index (χ0n) is 55.8. The van der Waals surface area contributed by atoms with E-state index in [-0.39, 0.29) is 89.1 Å². The van der Waals surface area contributed by atoms with Gasteiger partial charge in [-0.15, -0.1) is 11.6 Å². The van der Waals surface area contributed by atoms with Crippen molar-refractivity contribution in [2.45, 2.75) is 236 Å². The smallest absolute Gasteiger partial charge is 0.343 e. The summed E-state index contributed by atoms with van der Waals surface area (Å²) in [4.78, 5) is 170.